The van der Waals surface area contributed by atoms with Crippen LogP contribution in [0.1, 0.15) is 36.1 Å². The number of hydrogen-bond acceptors (Lipinski definition) is 2. The summed E-state index contributed by atoms with van der Waals surface area (Å²) in [5, 5.41) is 1.26. The Morgan fingerprint density at radius 3 is 2.58 bits per heavy atom. The van der Waals surface area contributed by atoms with Crippen LogP contribution in [0.25, 0.3) is 16.5 Å². The number of nitrogens with one attached hydrogen (secondary N) is 1. The SMILES string of the molecule is CCN(CC)C(=O)C1C=C(c2cccc3[nH]cc(C)c23)CN(Cc2ccccc2C)C1. The highest BCUT2D eigenvalue weighted by atomic mass is 16.2. The third-order valence-corrected chi connectivity index (χ3v) is 6.55. The van der Waals surface area contributed by atoms with Crippen LogP contribution < -0.4 is 0 Å². The van der Waals surface area contributed by atoms with E-state index < -0.39 is 0 Å². The number of hydrogen-bond donors (Lipinski definition) is 1. The first-order valence-electron chi connectivity index (χ1n) is 11.3. The van der Waals surface area contributed by atoms with E-state index in [0.29, 0.717) is 0 Å². The van der Waals surface area contributed by atoms with Gasteiger partial charge in [-0.2, -0.15) is 0 Å². The van der Waals surface area contributed by atoms with Crippen LogP contribution in [-0.4, -0.2) is 46.9 Å². The molecule has 1 atom stereocenters. The molecule has 1 aliphatic rings. The van der Waals surface area contributed by atoms with Gasteiger partial charge >= 0.3 is 0 Å². The molecule has 4 nitrogen and oxygen atoms in total. The lowest BCUT2D eigenvalue weighted by Crippen LogP contribution is -2.43. The zero-order valence-electron chi connectivity index (χ0n) is 19.1. The number of rotatable bonds is 6. The summed E-state index contributed by atoms with van der Waals surface area (Å²) in [5.74, 6) is 0.108. The molecule has 1 unspecified atom stereocenters. The summed E-state index contributed by atoms with van der Waals surface area (Å²) in [6.45, 7) is 12.4. The second kappa shape index (κ2) is 9.11. The maximum absolute atomic E-state index is 13.3. The molecule has 1 amide bonds. The number of aryl methyl sites for hydroxylation is 2. The normalized spacial score (nSPS) is 17.0. The Hall–Kier alpha value is -2.85. The van der Waals surface area contributed by atoms with Crippen molar-refractivity contribution in [3.8, 4) is 0 Å². The van der Waals surface area contributed by atoms with Gasteiger partial charge in [0.2, 0.25) is 5.91 Å². The Bertz CT molecular complexity index is 1110. The van der Waals surface area contributed by atoms with Gasteiger partial charge in [0.1, 0.15) is 0 Å². The van der Waals surface area contributed by atoms with Crippen LogP contribution >= 0.6 is 0 Å². The number of nitrogens with zero attached hydrogens (tertiary/aromatic N) is 2. The van der Waals surface area contributed by atoms with Gasteiger partial charge in [-0.3, -0.25) is 9.69 Å². The lowest BCUT2D eigenvalue weighted by molar-refractivity contribution is -0.134. The molecule has 0 bridgehead atoms. The van der Waals surface area contributed by atoms with Gasteiger partial charge < -0.3 is 9.88 Å². The third kappa shape index (κ3) is 4.31. The summed E-state index contributed by atoms with van der Waals surface area (Å²) in [5.41, 5.74) is 7.51. The quantitative estimate of drug-likeness (QED) is 0.603. The highest BCUT2D eigenvalue weighted by Gasteiger charge is 2.29. The summed E-state index contributed by atoms with van der Waals surface area (Å²) in [7, 11) is 0. The number of fused-ring (bicyclic) bond motifs is 1. The first kappa shape index (κ1) is 21.4. The van der Waals surface area contributed by atoms with Crippen LogP contribution in [0.15, 0.2) is 54.7 Å². The highest BCUT2D eigenvalue weighted by Crippen LogP contribution is 2.32. The molecule has 0 spiro atoms. The molecule has 31 heavy (non-hydrogen) atoms. The molecule has 0 saturated carbocycles. The summed E-state index contributed by atoms with van der Waals surface area (Å²) < 4.78 is 0. The van der Waals surface area contributed by atoms with E-state index >= 15 is 0 Å². The van der Waals surface area contributed by atoms with E-state index in [4.69, 9.17) is 0 Å². The summed E-state index contributed by atoms with van der Waals surface area (Å²) in [6, 6.07) is 15.0. The molecular weight excluding hydrogens is 382 g/mol. The minimum Gasteiger partial charge on any atom is -0.361 e. The Morgan fingerprint density at radius 2 is 1.84 bits per heavy atom. The van der Waals surface area contributed by atoms with Crippen LogP contribution in [0.4, 0.5) is 0 Å². The molecule has 4 heteroatoms. The van der Waals surface area contributed by atoms with Crippen LogP contribution in [0, 0.1) is 19.8 Å². The van der Waals surface area contributed by atoms with Crippen LogP contribution in [0.2, 0.25) is 0 Å². The summed E-state index contributed by atoms with van der Waals surface area (Å²) in [6.07, 6.45) is 4.30. The molecular formula is C27H33N3O. The van der Waals surface area contributed by atoms with Crippen molar-refractivity contribution in [1.29, 1.82) is 0 Å². The van der Waals surface area contributed by atoms with Crippen LogP contribution in [-0.2, 0) is 11.3 Å². The number of aromatic amines is 1. The van der Waals surface area contributed by atoms with Crippen molar-refractivity contribution in [2.75, 3.05) is 26.2 Å². The lowest BCUT2D eigenvalue weighted by Gasteiger charge is -2.34. The van der Waals surface area contributed by atoms with E-state index in [1.54, 1.807) is 0 Å². The van der Waals surface area contributed by atoms with E-state index in [1.165, 1.54) is 33.2 Å². The number of aromatic nitrogens is 1. The zero-order valence-corrected chi connectivity index (χ0v) is 19.1. The van der Waals surface area contributed by atoms with E-state index in [2.05, 4.69) is 92.3 Å². The van der Waals surface area contributed by atoms with Gasteiger partial charge in [0.25, 0.3) is 0 Å². The largest absolute Gasteiger partial charge is 0.361 e. The van der Waals surface area contributed by atoms with Gasteiger partial charge in [0.05, 0.1) is 5.92 Å². The number of amides is 1. The fourth-order valence-corrected chi connectivity index (χ4v) is 4.80. The van der Waals surface area contributed by atoms with Gasteiger partial charge in [-0.25, -0.2) is 0 Å². The van der Waals surface area contributed by atoms with Gasteiger partial charge in [-0.05, 0) is 61.6 Å². The Labute approximate surface area is 185 Å². The average molecular weight is 416 g/mol. The predicted octanol–water partition coefficient (Wildman–Crippen LogP) is 5.17. The van der Waals surface area contributed by atoms with Crippen molar-refractivity contribution in [2.45, 2.75) is 34.2 Å². The van der Waals surface area contributed by atoms with Gasteiger partial charge in [0, 0.05) is 49.8 Å². The molecule has 4 rings (SSSR count). The molecule has 162 valence electrons. The monoisotopic (exact) mass is 415 g/mol. The molecule has 0 radical (unpaired) electrons. The predicted molar refractivity (Wildman–Crippen MR) is 129 cm³/mol. The fraction of sp³-hybridized carbons (Fsp3) is 0.370. The second-order valence-electron chi connectivity index (χ2n) is 8.60. The Kier molecular flexibility index (Phi) is 6.28. The van der Waals surface area contributed by atoms with Crippen molar-refractivity contribution in [3.63, 3.8) is 0 Å². The molecule has 0 fully saturated rings. The molecule has 1 aliphatic heterocycles. The third-order valence-electron chi connectivity index (χ3n) is 6.55. The van der Waals surface area contributed by atoms with E-state index in [9.17, 15) is 4.79 Å². The minimum atomic E-state index is -0.123. The highest BCUT2D eigenvalue weighted by molar-refractivity contribution is 5.96. The van der Waals surface area contributed by atoms with E-state index in [-0.39, 0.29) is 11.8 Å². The number of H-pyrrole nitrogens is 1. The zero-order chi connectivity index (χ0) is 22.0. The van der Waals surface area contributed by atoms with Crippen LogP contribution in [0.3, 0.4) is 0 Å². The van der Waals surface area contributed by atoms with E-state index in [1.807, 2.05) is 4.90 Å². The summed E-state index contributed by atoms with van der Waals surface area (Å²) in [4.78, 5) is 21.1. The fourth-order valence-electron chi connectivity index (χ4n) is 4.80. The average Bonchev–Trinajstić information content (AvgIpc) is 3.17. The molecule has 2 aromatic carbocycles. The Balaban J connectivity index is 1.73. The maximum Gasteiger partial charge on any atom is 0.230 e. The number of benzene rings is 2. The van der Waals surface area contributed by atoms with Crippen molar-refractivity contribution in [2.24, 2.45) is 5.92 Å². The number of carbonyl (C=O) groups is 1. The van der Waals surface area contributed by atoms with Gasteiger partial charge in [0.15, 0.2) is 0 Å². The second-order valence-corrected chi connectivity index (χ2v) is 8.60. The first-order valence-corrected chi connectivity index (χ1v) is 11.3. The number of carbonyl (C=O) groups excluding carboxylic acids is 1. The smallest absolute Gasteiger partial charge is 0.230 e. The first-order chi connectivity index (χ1) is 15.0. The van der Waals surface area contributed by atoms with Crippen molar-refractivity contribution in [1.82, 2.24) is 14.8 Å². The van der Waals surface area contributed by atoms with Crippen molar-refractivity contribution in [3.05, 3.63) is 77.0 Å². The molecule has 0 saturated heterocycles. The lowest BCUT2D eigenvalue weighted by atomic mass is 9.91. The van der Waals surface area contributed by atoms with Crippen molar-refractivity contribution < 1.29 is 4.79 Å². The maximum atomic E-state index is 13.3. The van der Waals surface area contributed by atoms with Crippen molar-refractivity contribution >= 4 is 22.4 Å². The van der Waals surface area contributed by atoms with E-state index in [0.717, 1.165) is 38.2 Å². The Morgan fingerprint density at radius 1 is 1.06 bits per heavy atom. The molecule has 3 aromatic rings. The van der Waals surface area contributed by atoms with Crippen LogP contribution in [0.5, 0.6) is 0 Å². The standard InChI is InChI=1S/C27H33N3O/c1-5-30(6-2)27(31)23-14-22(24-12-9-13-25-26(24)20(4)15-28-25)17-29(18-23)16-21-11-8-7-10-19(21)3/h7-15,23,28H,5-6,16-18H2,1-4H3. The topological polar surface area (TPSA) is 39.3 Å². The molecule has 1 N–H and O–H groups in total. The molecule has 2 heterocycles. The molecule has 0 aliphatic carbocycles. The molecule has 1 aromatic heterocycles. The minimum absolute atomic E-state index is 0.123. The van der Waals surface area contributed by atoms with Gasteiger partial charge in [-0.15, -0.1) is 0 Å². The summed E-state index contributed by atoms with van der Waals surface area (Å²) >= 11 is 0. The van der Waals surface area contributed by atoms with Gasteiger partial charge in [-0.1, -0.05) is 42.5 Å².